The maximum absolute atomic E-state index is 10.0. The molecule has 4 N–H and O–H groups in total. The van der Waals surface area contributed by atoms with Crippen LogP contribution in [-0.4, -0.2) is 48.2 Å². The average Bonchev–Trinajstić information content (AvgIpc) is 3.03. The molecule has 0 bridgehead atoms. The van der Waals surface area contributed by atoms with Gasteiger partial charge in [-0.25, -0.2) is 15.0 Å². The molecule has 0 aromatic carbocycles. The number of hydrogen-bond donors (Lipinski definition) is 3. The number of anilines is 1. The van der Waals surface area contributed by atoms with E-state index >= 15 is 0 Å². The lowest BCUT2D eigenvalue weighted by Crippen LogP contribution is -2.40. The average molecular weight is 292 g/mol. The molecule has 0 saturated carbocycles. The summed E-state index contributed by atoms with van der Waals surface area (Å²) in [4.78, 5) is 14.6. The highest BCUT2D eigenvalue weighted by Gasteiger charge is 2.48. The lowest BCUT2D eigenvalue weighted by atomic mass is 10.1. The van der Waals surface area contributed by atoms with E-state index in [0.717, 1.165) is 0 Å². The van der Waals surface area contributed by atoms with Gasteiger partial charge in [-0.3, -0.25) is 4.57 Å². The minimum atomic E-state index is -1.71. The van der Waals surface area contributed by atoms with Crippen molar-refractivity contribution in [1.29, 1.82) is 0 Å². The van der Waals surface area contributed by atoms with Crippen molar-refractivity contribution in [2.75, 3.05) is 12.3 Å². The van der Waals surface area contributed by atoms with Gasteiger partial charge in [0.25, 0.3) is 0 Å². The zero-order valence-electron chi connectivity index (χ0n) is 10.7. The van der Waals surface area contributed by atoms with Crippen LogP contribution in [0.4, 0.5) is 5.82 Å². The highest BCUT2D eigenvalue weighted by atomic mass is 16.6. The van der Waals surface area contributed by atoms with Crippen LogP contribution in [0, 0.1) is 0 Å². The molecule has 2 unspecified atom stereocenters. The smallest absolute Gasteiger partial charge is 0.198 e. The van der Waals surface area contributed by atoms with E-state index in [1.807, 2.05) is 0 Å². The van der Waals surface area contributed by atoms with Crippen molar-refractivity contribution in [2.45, 2.75) is 24.5 Å². The Morgan fingerprint density at radius 2 is 2.38 bits per heavy atom. The van der Waals surface area contributed by atoms with E-state index in [2.05, 4.69) is 25.0 Å². The number of aliphatic hydroxyl groups excluding tert-OH is 2. The summed E-state index contributed by atoms with van der Waals surface area (Å²) >= 11 is 0. The standard InChI is InChI=1S/C10H12N8O3/c11-8-7-9(14-3-13-8)18(4-15-7)6-1-5(20)10(2-19,21-6)16-17-12/h3-6,19-20H,1-2H2,(H2,11,13,14)/t5?,6?,10-/m1/s1. The molecule has 0 amide bonds. The van der Waals surface area contributed by atoms with Gasteiger partial charge >= 0.3 is 0 Å². The van der Waals surface area contributed by atoms with Crippen LogP contribution in [0.2, 0.25) is 0 Å². The number of hydrogen-bond acceptors (Lipinski definition) is 8. The van der Waals surface area contributed by atoms with Crippen LogP contribution in [0.3, 0.4) is 0 Å². The number of aliphatic hydroxyl groups is 2. The molecule has 110 valence electrons. The Balaban J connectivity index is 2.02. The largest absolute Gasteiger partial charge is 0.393 e. The fourth-order valence-electron chi connectivity index (χ4n) is 2.33. The molecule has 0 spiro atoms. The minimum absolute atomic E-state index is 0.106. The topological polar surface area (TPSA) is 168 Å². The van der Waals surface area contributed by atoms with Crippen molar-refractivity contribution in [3.05, 3.63) is 23.1 Å². The molecule has 0 radical (unpaired) electrons. The Bertz CT molecular complexity index is 726. The fraction of sp³-hybridized carbons (Fsp3) is 0.500. The van der Waals surface area contributed by atoms with Gasteiger partial charge in [0.05, 0.1) is 19.0 Å². The number of rotatable bonds is 3. The van der Waals surface area contributed by atoms with Gasteiger partial charge in [0.1, 0.15) is 18.1 Å². The van der Waals surface area contributed by atoms with E-state index < -0.39 is 24.7 Å². The van der Waals surface area contributed by atoms with Crippen LogP contribution in [0.25, 0.3) is 21.6 Å². The summed E-state index contributed by atoms with van der Waals surface area (Å²) in [6, 6.07) is 0. The monoisotopic (exact) mass is 292 g/mol. The number of ether oxygens (including phenoxy) is 1. The molecule has 2 aromatic heterocycles. The highest BCUT2D eigenvalue weighted by molar-refractivity contribution is 5.81. The normalized spacial score (nSPS) is 28.7. The molecule has 0 aliphatic carbocycles. The van der Waals surface area contributed by atoms with Crippen molar-refractivity contribution in [3.63, 3.8) is 0 Å². The van der Waals surface area contributed by atoms with E-state index in [1.54, 1.807) is 4.57 Å². The second-order valence-corrected chi connectivity index (χ2v) is 4.60. The second kappa shape index (κ2) is 4.82. The van der Waals surface area contributed by atoms with Gasteiger partial charge < -0.3 is 20.7 Å². The van der Waals surface area contributed by atoms with Gasteiger partial charge in [-0.15, -0.1) is 0 Å². The van der Waals surface area contributed by atoms with Gasteiger partial charge in [-0.2, -0.15) is 0 Å². The number of imidazole rings is 1. The molecule has 11 nitrogen and oxygen atoms in total. The molecule has 1 fully saturated rings. The molecule has 1 saturated heterocycles. The Hall–Kier alpha value is -2.46. The predicted molar refractivity (Wildman–Crippen MR) is 69.4 cm³/mol. The van der Waals surface area contributed by atoms with E-state index in [9.17, 15) is 10.2 Å². The summed E-state index contributed by atoms with van der Waals surface area (Å²) in [5.74, 6) is 0.223. The summed E-state index contributed by atoms with van der Waals surface area (Å²) in [6.45, 7) is -0.640. The van der Waals surface area contributed by atoms with Crippen molar-refractivity contribution in [1.82, 2.24) is 19.5 Å². The zero-order chi connectivity index (χ0) is 15.0. The number of fused-ring (bicyclic) bond motifs is 1. The molecule has 3 rings (SSSR count). The number of aromatic nitrogens is 4. The quantitative estimate of drug-likeness (QED) is 0.395. The SMILES string of the molecule is [N-]=[N+]=N[C@]1(CO)OC(n2cnc3c(N)ncnc32)CC1O. The number of nitrogen functional groups attached to an aromatic ring is 1. The molecular formula is C10H12N8O3. The van der Waals surface area contributed by atoms with Gasteiger partial charge in [-0.1, -0.05) is 5.11 Å². The molecule has 21 heavy (non-hydrogen) atoms. The Morgan fingerprint density at radius 1 is 1.57 bits per heavy atom. The first-order valence-corrected chi connectivity index (χ1v) is 6.07. The molecule has 1 aliphatic rings. The maximum atomic E-state index is 10.0. The van der Waals surface area contributed by atoms with Crippen LogP contribution in [0.1, 0.15) is 12.6 Å². The Labute approximate surface area is 117 Å². The minimum Gasteiger partial charge on any atom is -0.393 e. The van der Waals surface area contributed by atoms with Gasteiger partial charge in [0, 0.05) is 11.3 Å². The first-order valence-electron chi connectivity index (χ1n) is 6.07. The number of azide groups is 1. The van der Waals surface area contributed by atoms with E-state index in [0.29, 0.717) is 11.2 Å². The molecule has 3 heterocycles. The Morgan fingerprint density at radius 3 is 3.10 bits per heavy atom. The van der Waals surface area contributed by atoms with E-state index in [-0.39, 0.29) is 12.2 Å². The van der Waals surface area contributed by atoms with Crippen molar-refractivity contribution < 1.29 is 14.9 Å². The molecular weight excluding hydrogens is 280 g/mol. The number of nitrogens with two attached hydrogens (primary N) is 1. The third-order valence-corrected chi connectivity index (χ3v) is 3.42. The van der Waals surface area contributed by atoms with Crippen molar-refractivity contribution >= 4 is 17.0 Å². The molecule has 2 aromatic rings. The molecule has 11 heteroatoms. The van der Waals surface area contributed by atoms with E-state index in [1.165, 1.54) is 12.7 Å². The van der Waals surface area contributed by atoms with Crippen molar-refractivity contribution in [3.8, 4) is 0 Å². The summed E-state index contributed by atoms with van der Waals surface area (Å²) in [6.07, 6.45) is 0.983. The predicted octanol–water partition coefficient (Wildman–Crippen LogP) is -0.313. The zero-order valence-corrected chi connectivity index (χ0v) is 10.7. The maximum Gasteiger partial charge on any atom is 0.198 e. The number of nitrogens with zero attached hydrogens (tertiary/aromatic N) is 7. The first-order chi connectivity index (χ1) is 10.1. The van der Waals surface area contributed by atoms with Gasteiger partial charge in [0.2, 0.25) is 0 Å². The molecule has 3 atom stereocenters. The van der Waals surface area contributed by atoms with Crippen LogP contribution in [0.5, 0.6) is 0 Å². The second-order valence-electron chi connectivity index (χ2n) is 4.60. The van der Waals surface area contributed by atoms with Crippen LogP contribution in [-0.2, 0) is 4.74 Å². The summed E-state index contributed by atoms with van der Waals surface area (Å²) < 4.78 is 7.09. The molecule has 1 aliphatic heterocycles. The first kappa shape index (κ1) is 13.5. The third-order valence-electron chi connectivity index (χ3n) is 3.42. The fourth-order valence-corrected chi connectivity index (χ4v) is 2.33. The summed E-state index contributed by atoms with van der Waals surface area (Å²) in [5.41, 5.74) is 13.4. The summed E-state index contributed by atoms with van der Waals surface area (Å²) in [5, 5.41) is 22.8. The third kappa shape index (κ3) is 1.96. The Kier molecular flexibility index (Phi) is 3.11. The van der Waals surface area contributed by atoms with Crippen LogP contribution in [0.15, 0.2) is 17.8 Å². The highest BCUT2D eigenvalue weighted by Crippen LogP contribution is 2.38. The van der Waals surface area contributed by atoms with E-state index in [4.69, 9.17) is 16.0 Å². The van der Waals surface area contributed by atoms with Crippen LogP contribution >= 0.6 is 0 Å². The lowest BCUT2D eigenvalue weighted by Gasteiger charge is -2.24. The van der Waals surface area contributed by atoms with Crippen LogP contribution < -0.4 is 5.73 Å². The van der Waals surface area contributed by atoms with Crippen molar-refractivity contribution in [2.24, 2.45) is 5.11 Å². The van der Waals surface area contributed by atoms with Gasteiger partial charge in [0.15, 0.2) is 17.2 Å². The lowest BCUT2D eigenvalue weighted by molar-refractivity contribution is -0.122. The summed E-state index contributed by atoms with van der Waals surface area (Å²) in [7, 11) is 0. The van der Waals surface area contributed by atoms with Gasteiger partial charge in [-0.05, 0) is 5.53 Å².